The van der Waals surface area contributed by atoms with Gasteiger partial charge in [0.25, 0.3) is 0 Å². The van der Waals surface area contributed by atoms with Gasteiger partial charge in [-0.3, -0.25) is 0 Å². The maximum Gasteiger partial charge on any atom is 0.241 e. The Morgan fingerprint density at radius 2 is 1.73 bits per heavy atom. The maximum absolute atomic E-state index is 13.3. The van der Waals surface area contributed by atoms with Crippen molar-refractivity contribution in [1.82, 2.24) is 4.72 Å². The van der Waals surface area contributed by atoms with Gasteiger partial charge in [-0.1, -0.05) is 55.3 Å². The van der Waals surface area contributed by atoms with Crippen LogP contribution in [0.3, 0.4) is 0 Å². The third-order valence-corrected chi connectivity index (χ3v) is 9.75. The van der Waals surface area contributed by atoms with Crippen LogP contribution in [0.2, 0.25) is 0 Å². The fourth-order valence-electron chi connectivity index (χ4n) is 5.42. The molecule has 0 amide bonds. The SMILES string of the molecule is Cc1cc2c(cc1S(=O)(=O)NC1CCOCC1)Sc1ccccc1C21CCCCC1. The first kappa shape index (κ1) is 20.6. The van der Waals surface area contributed by atoms with Crippen molar-refractivity contribution < 1.29 is 13.2 Å². The molecule has 5 rings (SSSR count). The van der Waals surface area contributed by atoms with Crippen LogP contribution < -0.4 is 4.72 Å². The highest BCUT2D eigenvalue weighted by molar-refractivity contribution is 7.99. The van der Waals surface area contributed by atoms with Gasteiger partial charge in [0.15, 0.2) is 0 Å². The highest BCUT2D eigenvalue weighted by atomic mass is 32.2. The molecule has 1 saturated carbocycles. The zero-order valence-corrected chi connectivity index (χ0v) is 19.1. The molecule has 6 heteroatoms. The van der Waals surface area contributed by atoms with Crippen LogP contribution in [0.1, 0.15) is 61.6 Å². The summed E-state index contributed by atoms with van der Waals surface area (Å²) in [7, 11) is -3.56. The summed E-state index contributed by atoms with van der Waals surface area (Å²) in [5, 5.41) is 0. The molecule has 2 fully saturated rings. The molecule has 2 aliphatic heterocycles. The minimum Gasteiger partial charge on any atom is -0.381 e. The molecular formula is C24H29NO3S2. The van der Waals surface area contributed by atoms with Gasteiger partial charge in [-0.05, 0) is 61.4 Å². The number of ether oxygens (including phenoxy) is 1. The van der Waals surface area contributed by atoms with E-state index in [1.54, 1.807) is 11.8 Å². The van der Waals surface area contributed by atoms with Gasteiger partial charge in [0.2, 0.25) is 10.0 Å². The van der Waals surface area contributed by atoms with Crippen molar-refractivity contribution in [3.05, 3.63) is 53.1 Å². The van der Waals surface area contributed by atoms with Crippen molar-refractivity contribution in [3.8, 4) is 0 Å². The van der Waals surface area contributed by atoms with E-state index in [1.807, 2.05) is 13.0 Å². The summed E-state index contributed by atoms with van der Waals surface area (Å²) < 4.78 is 34.8. The van der Waals surface area contributed by atoms with E-state index in [1.165, 1.54) is 35.3 Å². The Labute approximate surface area is 183 Å². The average Bonchev–Trinajstić information content (AvgIpc) is 2.75. The Morgan fingerprint density at radius 3 is 2.50 bits per heavy atom. The van der Waals surface area contributed by atoms with E-state index in [2.05, 4.69) is 35.1 Å². The molecule has 160 valence electrons. The zero-order chi connectivity index (χ0) is 20.8. The molecule has 4 nitrogen and oxygen atoms in total. The molecule has 2 aromatic carbocycles. The van der Waals surface area contributed by atoms with Gasteiger partial charge in [0.1, 0.15) is 0 Å². The highest BCUT2D eigenvalue weighted by Crippen LogP contribution is 2.55. The maximum atomic E-state index is 13.3. The van der Waals surface area contributed by atoms with Crippen LogP contribution in [0.25, 0.3) is 0 Å². The fraction of sp³-hybridized carbons (Fsp3) is 0.500. The molecule has 0 unspecified atom stereocenters. The van der Waals surface area contributed by atoms with Crippen LogP contribution in [0, 0.1) is 6.92 Å². The Bertz CT molecular complexity index is 1050. The zero-order valence-electron chi connectivity index (χ0n) is 17.4. The largest absolute Gasteiger partial charge is 0.381 e. The lowest BCUT2D eigenvalue weighted by Crippen LogP contribution is -2.39. The monoisotopic (exact) mass is 443 g/mol. The van der Waals surface area contributed by atoms with Crippen molar-refractivity contribution in [2.75, 3.05) is 13.2 Å². The summed E-state index contributed by atoms with van der Waals surface area (Å²) in [5.41, 5.74) is 3.63. The van der Waals surface area contributed by atoms with E-state index in [0.717, 1.165) is 36.1 Å². The number of sulfonamides is 1. The molecule has 0 atom stereocenters. The van der Waals surface area contributed by atoms with Crippen molar-refractivity contribution in [2.45, 2.75) is 78.0 Å². The van der Waals surface area contributed by atoms with Crippen LogP contribution in [0.4, 0.5) is 0 Å². The Balaban J connectivity index is 1.58. The van der Waals surface area contributed by atoms with Crippen LogP contribution in [-0.2, 0) is 20.2 Å². The molecule has 0 bridgehead atoms. The van der Waals surface area contributed by atoms with E-state index in [9.17, 15) is 8.42 Å². The predicted octanol–water partition coefficient (Wildman–Crippen LogP) is 5.17. The molecule has 2 heterocycles. The Morgan fingerprint density at radius 1 is 1.00 bits per heavy atom. The Hall–Kier alpha value is -1.34. The summed E-state index contributed by atoms with van der Waals surface area (Å²) in [6.45, 7) is 3.18. The van der Waals surface area contributed by atoms with Crippen LogP contribution in [0.15, 0.2) is 51.1 Å². The summed E-state index contributed by atoms with van der Waals surface area (Å²) in [4.78, 5) is 2.80. The summed E-state index contributed by atoms with van der Waals surface area (Å²) in [6, 6.07) is 12.8. The third-order valence-electron chi connectivity index (χ3n) is 6.96. The van der Waals surface area contributed by atoms with Crippen LogP contribution in [0.5, 0.6) is 0 Å². The molecule has 0 aromatic heterocycles. The topological polar surface area (TPSA) is 55.4 Å². The van der Waals surface area contributed by atoms with E-state index in [4.69, 9.17) is 4.74 Å². The first-order valence-corrected chi connectivity index (χ1v) is 13.3. The molecule has 1 saturated heterocycles. The normalized spacial score (nSPS) is 21.2. The van der Waals surface area contributed by atoms with Gasteiger partial charge >= 0.3 is 0 Å². The summed E-state index contributed by atoms with van der Waals surface area (Å²) in [5.74, 6) is 0. The number of benzene rings is 2. The van der Waals surface area contributed by atoms with Crippen molar-refractivity contribution >= 4 is 21.8 Å². The fourth-order valence-corrected chi connectivity index (χ4v) is 8.35. The van der Waals surface area contributed by atoms with Crippen molar-refractivity contribution in [2.24, 2.45) is 0 Å². The molecule has 1 spiro atoms. The number of hydrogen-bond acceptors (Lipinski definition) is 4. The van der Waals surface area contributed by atoms with Crippen molar-refractivity contribution in [3.63, 3.8) is 0 Å². The number of fused-ring (bicyclic) bond motifs is 4. The number of aryl methyl sites for hydroxylation is 1. The van der Waals surface area contributed by atoms with E-state index in [-0.39, 0.29) is 11.5 Å². The van der Waals surface area contributed by atoms with Crippen molar-refractivity contribution in [1.29, 1.82) is 0 Å². The lowest BCUT2D eigenvalue weighted by molar-refractivity contribution is 0.0832. The lowest BCUT2D eigenvalue weighted by atomic mass is 9.65. The van der Waals surface area contributed by atoms with E-state index in [0.29, 0.717) is 18.1 Å². The molecule has 1 N–H and O–H groups in total. The quantitative estimate of drug-likeness (QED) is 0.711. The van der Waals surface area contributed by atoms with Crippen LogP contribution in [-0.4, -0.2) is 27.7 Å². The number of rotatable bonds is 3. The first-order valence-electron chi connectivity index (χ1n) is 11.0. The molecular weight excluding hydrogens is 414 g/mol. The van der Waals surface area contributed by atoms with E-state index < -0.39 is 10.0 Å². The number of hydrogen-bond donors (Lipinski definition) is 1. The standard InChI is InChI=1S/C24H29NO3S2/c1-17-15-20-22(16-23(17)30(26,27)25-18-9-13-28-14-10-18)29-21-8-4-3-7-19(21)24(20)11-5-2-6-12-24/h3-4,7-8,15-16,18,25H,2,5-6,9-14H2,1H3. The van der Waals surface area contributed by atoms with Crippen LogP contribution >= 0.6 is 11.8 Å². The second kappa shape index (κ2) is 7.97. The van der Waals surface area contributed by atoms with Gasteiger partial charge in [0, 0.05) is 34.5 Å². The smallest absolute Gasteiger partial charge is 0.241 e. The number of nitrogens with one attached hydrogen (secondary N) is 1. The Kier molecular flexibility index (Phi) is 5.46. The molecule has 1 aliphatic carbocycles. The summed E-state index contributed by atoms with van der Waals surface area (Å²) >= 11 is 1.72. The van der Waals surface area contributed by atoms with E-state index >= 15 is 0 Å². The van der Waals surface area contributed by atoms with Gasteiger partial charge in [-0.15, -0.1) is 0 Å². The second-order valence-electron chi connectivity index (χ2n) is 8.86. The first-order chi connectivity index (χ1) is 14.5. The van der Waals surface area contributed by atoms with Gasteiger partial charge in [0.05, 0.1) is 4.90 Å². The van der Waals surface area contributed by atoms with Gasteiger partial charge in [-0.25, -0.2) is 13.1 Å². The molecule has 0 radical (unpaired) electrons. The summed E-state index contributed by atoms with van der Waals surface area (Å²) in [6.07, 6.45) is 7.48. The van der Waals surface area contributed by atoms with Gasteiger partial charge in [-0.2, -0.15) is 0 Å². The predicted molar refractivity (Wildman–Crippen MR) is 120 cm³/mol. The lowest BCUT2D eigenvalue weighted by Gasteiger charge is -2.43. The molecule has 30 heavy (non-hydrogen) atoms. The molecule has 2 aromatic rings. The minimum atomic E-state index is -3.56. The third kappa shape index (κ3) is 3.52. The highest BCUT2D eigenvalue weighted by Gasteiger charge is 2.42. The molecule has 3 aliphatic rings. The van der Waals surface area contributed by atoms with Gasteiger partial charge < -0.3 is 4.74 Å². The second-order valence-corrected chi connectivity index (χ2v) is 11.6. The minimum absolute atomic E-state index is 0.0244. The average molecular weight is 444 g/mol.